The number of carbonyl (C=O) groups excluding carboxylic acids is 1. The van der Waals surface area contributed by atoms with Crippen LogP contribution in [0.25, 0.3) is 0 Å². The zero-order chi connectivity index (χ0) is 6.69. The fourth-order valence-corrected chi connectivity index (χ4v) is 1.68. The Morgan fingerprint density at radius 2 is 2.00 bits per heavy atom. The molecule has 0 spiro atoms. The van der Waals surface area contributed by atoms with Crippen molar-refractivity contribution in [3.8, 4) is 0 Å². The van der Waals surface area contributed by atoms with Crippen molar-refractivity contribution in [1.82, 2.24) is 0 Å². The maximum Gasteiger partial charge on any atom is 0.159 e. The van der Waals surface area contributed by atoms with Crippen molar-refractivity contribution < 1.29 is 4.79 Å². The van der Waals surface area contributed by atoms with Crippen LogP contribution in [0, 0.1) is 0 Å². The fraction of sp³-hybridized carbons (Fsp3) is 0.571. The molecule has 0 bridgehead atoms. The molecule has 0 unspecified atom stereocenters. The molecule has 1 fully saturated rings. The van der Waals surface area contributed by atoms with Gasteiger partial charge in [-0.2, -0.15) is 0 Å². The SMILES string of the molecule is O=C1CCCC/C1=C/I. The molecule has 0 aliphatic heterocycles. The smallest absolute Gasteiger partial charge is 0.159 e. The molecule has 1 saturated carbocycles. The molecule has 0 atom stereocenters. The highest BCUT2D eigenvalue weighted by Crippen LogP contribution is 2.20. The molecule has 0 aromatic rings. The van der Waals surface area contributed by atoms with Crippen molar-refractivity contribution in [3.05, 3.63) is 9.66 Å². The minimum atomic E-state index is 0.357. The molecule has 0 aromatic heterocycles. The molecule has 1 rings (SSSR count). The second-order valence-electron chi connectivity index (χ2n) is 2.26. The number of hydrogen-bond acceptors (Lipinski definition) is 1. The van der Waals surface area contributed by atoms with Crippen LogP contribution in [0.5, 0.6) is 0 Å². The lowest BCUT2D eigenvalue weighted by Crippen LogP contribution is -2.07. The second kappa shape index (κ2) is 3.34. The first-order chi connectivity index (χ1) is 4.34. The minimum Gasteiger partial charge on any atom is -0.295 e. The van der Waals surface area contributed by atoms with Gasteiger partial charge in [-0.25, -0.2) is 0 Å². The van der Waals surface area contributed by atoms with Crippen molar-refractivity contribution in [1.29, 1.82) is 0 Å². The lowest BCUT2D eigenvalue weighted by Gasteiger charge is -2.10. The van der Waals surface area contributed by atoms with Gasteiger partial charge in [0.05, 0.1) is 0 Å². The molecule has 9 heavy (non-hydrogen) atoms. The highest BCUT2D eigenvalue weighted by molar-refractivity contribution is 14.1. The molecule has 0 heterocycles. The van der Waals surface area contributed by atoms with Gasteiger partial charge >= 0.3 is 0 Å². The zero-order valence-electron chi connectivity index (χ0n) is 5.19. The number of hydrogen-bond donors (Lipinski definition) is 0. The van der Waals surface area contributed by atoms with E-state index in [2.05, 4.69) is 22.6 Å². The van der Waals surface area contributed by atoms with E-state index in [-0.39, 0.29) is 0 Å². The van der Waals surface area contributed by atoms with Crippen LogP contribution in [0.1, 0.15) is 25.7 Å². The summed E-state index contributed by atoms with van der Waals surface area (Å²) in [6.45, 7) is 0. The predicted octanol–water partition coefficient (Wildman–Crippen LogP) is 2.45. The van der Waals surface area contributed by atoms with Crippen molar-refractivity contribution in [2.75, 3.05) is 0 Å². The molecule has 1 nitrogen and oxygen atoms in total. The van der Waals surface area contributed by atoms with Gasteiger partial charge in [0, 0.05) is 12.0 Å². The molecule has 0 N–H and O–H groups in total. The summed E-state index contributed by atoms with van der Waals surface area (Å²) in [5.41, 5.74) is 1.03. The Kier molecular flexibility index (Phi) is 2.69. The van der Waals surface area contributed by atoms with Gasteiger partial charge in [-0.05, 0) is 23.3 Å². The number of allylic oxidation sites excluding steroid dienone is 1. The fourth-order valence-electron chi connectivity index (χ4n) is 1.02. The van der Waals surface area contributed by atoms with Crippen molar-refractivity contribution in [2.24, 2.45) is 0 Å². The van der Waals surface area contributed by atoms with Gasteiger partial charge in [0.15, 0.2) is 5.78 Å². The highest BCUT2D eigenvalue weighted by atomic mass is 127. The second-order valence-corrected chi connectivity index (χ2v) is 2.89. The van der Waals surface area contributed by atoms with Crippen molar-refractivity contribution >= 4 is 28.4 Å². The van der Waals surface area contributed by atoms with Crippen LogP contribution in [-0.2, 0) is 4.79 Å². The Balaban J connectivity index is 2.60. The maximum atomic E-state index is 11.0. The van der Waals surface area contributed by atoms with Crippen LogP contribution in [0.15, 0.2) is 9.66 Å². The van der Waals surface area contributed by atoms with Crippen LogP contribution in [0.4, 0.5) is 0 Å². The third kappa shape index (κ3) is 1.78. The first kappa shape index (κ1) is 7.25. The van der Waals surface area contributed by atoms with E-state index in [1.165, 1.54) is 6.42 Å². The molecule has 2 heteroatoms. The number of ketones is 1. The summed E-state index contributed by atoms with van der Waals surface area (Å²) < 4.78 is 1.92. The van der Waals surface area contributed by atoms with Gasteiger partial charge in [-0.1, -0.05) is 22.6 Å². The van der Waals surface area contributed by atoms with Crippen LogP contribution < -0.4 is 0 Å². The summed E-state index contributed by atoms with van der Waals surface area (Å²) >= 11 is 2.14. The molecule has 0 radical (unpaired) electrons. The normalized spacial score (nSPS) is 25.0. The average Bonchev–Trinajstić information content (AvgIpc) is 1.89. The van der Waals surface area contributed by atoms with E-state index in [4.69, 9.17) is 0 Å². The largest absolute Gasteiger partial charge is 0.295 e. The molecule has 1 aliphatic rings. The van der Waals surface area contributed by atoms with Crippen LogP contribution >= 0.6 is 22.6 Å². The first-order valence-electron chi connectivity index (χ1n) is 3.17. The lowest BCUT2D eigenvalue weighted by atomic mass is 9.95. The van der Waals surface area contributed by atoms with E-state index >= 15 is 0 Å². The van der Waals surface area contributed by atoms with Gasteiger partial charge in [0.2, 0.25) is 0 Å². The van der Waals surface area contributed by atoms with Crippen molar-refractivity contribution in [3.63, 3.8) is 0 Å². The summed E-state index contributed by atoms with van der Waals surface area (Å²) in [6, 6.07) is 0. The van der Waals surface area contributed by atoms with E-state index in [9.17, 15) is 4.79 Å². The van der Waals surface area contributed by atoms with Gasteiger partial charge in [-0.3, -0.25) is 4.79 Å². The lowest BCUT2D eigenvalue weighted by molar-refractivity contribution is -0.116. The van der Waals surface area contributed by atoms with E-state index < -0.39 is 0 Å². The molecule has 0 aromatic carbocycles. The molecule has 0 amide bonds. The Morgan fingerprint density at radius 3 is 2.44 bits per heavy atom. The summed E-state index contributed by atoms with van der Waals surface area (Å²) in [5, 5.41) is 0. The van der Waals surface area contributed by atoms with E-state index in [0.717, 1.165) is 24.8 Å². The van der Waals surface area contributed by atoms with Crippen LogP contribution in [0.2, 0.25) is 0 Å². The molecule has 50 valence electrons. The topological polar surface area (TPSA) is 17.1 Å². The predicted molar refractivity (Wildman–Crippen MR) is 45.6 cm³/mol. The zero-order valence-corrected chi connectivity index (χ0v) is 7.35. The number of Topliss-reactive ketones (excluding diaryl/α,β-unsaturated/α-hetero) is 1. The van der Waals surface area contributed by atoms with E-state index in [0.29, 0.717) is 5.78 Å². The standard InChI is InChI=1S/C7H9IO/c8-5-6-3-1-2-4-7(6)9/h5H,1-4H2/b6-5-. The number of rotatable bonds is 0. The van der Waals surface area contributed by atoms with Gasteiger partial charge < -0.3 is 0 Å². The number of carbonyl (C=O) groups is 1. The summed E-state index contributed by atoms with van der Waals surface area (Å²) in [4.78, 5) is 11.0. The Morgan fingerprint density at radius 1 is 1.33 bits per heavy atom. The first-order valence-corrected chi connectivity index (χ1v) is 4.41. The average molecular weight is 236 g/mol. The third-order valence-electron chi connectivity index (χ3n) is 1.59. The molecular weight excluding hydrogens is 227 g/mol. The van der Waals surface area contributed by atoms with E-state index in [1.54, 1.807) is 0 Å². The van der Waals surface area contributed by atoms with Gasteiger partial charge in [-0.15, -0.1) is 0 Å². The number of halogens is 1. The van der Waals surface area contributed by atoms with Gasteiger partial charge in [0.1, 0.15) is 0 Å². The van der Waals surface area contributed by atoms with Crippen LogP contribution in [-0.4, -0.2) is 5.78 Å². The van der Waals surface area contributed by atoms with E-state index in [1.807, 2.05) is 4.08 Å². The third-order valence-corrected chi connectivity index (χ3v) is 2.34. The Hall–Kier alpha value is 0.140. The molecule has 1 aliphatic carbocycles. The minimum absolute atomic E-state index is 0.357. The van der Waals surface area contributed by atoms with Gasteiger partial charge in [0.25, 0.3) is 0 Å². The maximum absolute atomic E-state index is 11.0. The summed E-state index contributed by atoms with van der Waals surface area (Å²) in [7, 11) is 0. The molecular formula is C7H9IO. The van der Waals surface area contributed by atoms with Crippen LogP contribution in [0.3, 0.4) is 0 Å². The summed E-state index contributed by atoms with van der Waals surface area (Å²) in [6.07, 6.45) is 4.06. The summed E-state index contributed by atoms with van der Waals surface area (Å²) in [5.74, 6) is 0.357. The Bertz CT molecular complexity index is 149. The highest BCUT2D eigenvalue weighted by Gasteiger charge is 2.12. The monoisotopic (exact) mass is 236 g/mol. The Labute approximate surface area is 68.7 Å². The quantitative estimate of drug-likeness (QED) is 0.466. The van der Waals surface area contributed by atoms with Crippen molar-refractivity contribution in [2.45, 2.75) is 25.7 Å². The molecule has 0 saturated heterocycles.